The quantitative estimate of drug-likeness (QED) is 0.594. The van der Waals surface area contributed by atoms with E-state index in [2.05, 4.69) is 25.7 Å². The minimum atomic E-state index is 0.551. The first kappa shape index (κ1) is 18.0. The molecule has 0 bridgehead atoms. The fourth-order valence-electron chi connectivity index (χ4n) is 3.28. The van der Waals surface area contributed by atoms with Crippen molar-refractivity contribution in [3.05, 3.63) is 0 Å². The molecule has 1 rings (SSSR count). The summed E-state index contributed by atoms with van der Waals surface area (Å²) in [7, 11) is 0. The molecule has 0 saturated carbocycles. The van der Waals surface area contributed by atoms with Gasteiger partial charge in [0.2, 0.25) is 0 Å². The Balaban J connectivity index is 2.11. The molecule has 1 unspecified atom stereocenters. The van der Waals surface area contributed by atoms with Crippen molar-refractivity contribution in [3.8, 4) is 0 Å². The van der Waals surface area contributed by atoms with Gasteiger partial charge >= 0.3 is 0 Å². The van der Waals surface area contributed by atoms with Crippen LogP contribution in [-0.2, 0) is 0 Å². The molecule has 1 heterocycles. The van der Waals surface area contributed by atoms with Gasteiger partial charge in [-0.25, -0.2) is 0 Å². The minimum absolute atomic E-state index is 0.551. The lowest BCUT2D eigenvalue weighted by atomic mass is 9.82. The Morgan fingerprint density at radius 2 is 1.50 bits per heavy atom. The van der Waals surface area contributed by atoms with Crippen LogP contribution in [0.4, 0.5) is 0 Å². The second-order valence-electron chi connectivity index (χ2n) is 7.50. The van der Waals surface area contributed by atoms with Crippen LogP contribution >= 0.6 is 0 Å². The Kier molecular flexibility index (Phi) is 8.79. The molecule has 0 amide bonds. The van der Waals surface area contributed by atoms with Crippen molar-refractivity contribution >= 4 is 0 Å². The molecule has 1 aliphatic heterocycles. The maximum absolute atomic E-state index is 6.01. The van der Waals surface area contributed by atoms with Crippen molar-refractivity contribution in [2.75, 3.05) is 19.6 Å². The molecule has 0 spiro atoms. The predicted molar refractivity (Wildman–Crippen MR) is 90.0 cm³/mol. The summed E-state index contributed by atoms with van der Waals surface area (Å²) < 4.78 is 0. The van der Waals surface area contributed by atoms with E-state index >= 15 is 0 Å². The van der Waals surface area contributed by atoms with Crippen LogP contribution in [0.2, 0.25) is 0 Å². The predicted octanol–water partition coefficient (Wildman–Crippen LogP) is 4.58. The van der Waals surface area contributed by atoms with E-state index < -0.39 is 0 Å². The minimum Gasteiger partial charge on any atom is -0.329 e. The summed E-state index contributed by atoms with van der Waals surface area (Å²) in [4.78, 5) is 2.66. The van der Waals surface area contributed by atoms with Crippen molar-refractivity contribution < 1.29 is 0 Å². The normalized spacial score (nSPS) is 21.0. The van der Waals surface area contributed by atoms with Gasteiger partial charge < -0.3 is 5.73 Å². The first-order valence-electron chi connectivity index (χ1n) is 9.03. The highest BCUT2D eigenvalue weighted by Gasteiger charge is 2.28. The SMILES string of the molecule is CCCCCCCCCC(CN)N1CCC(C)(C)CC1. The summed E-state index contributed by atoms with van der Waals surface area (Å²) in [6.07, 6.45) is 13.8. The fourth-order valence-corrected chi connectivity index (χ4v) is 3.28. The van der Waals surface area contributed by atoms with Crippen LogP contribution in [0.1, 0.15) is 85.0 Å². The summed E-state index contributed by atoms with van der Waals surface area (Å²) >= 11 is 0. The first-order valence-corrected chi connectivity index (χ1v) is 9.03. The molecule has 1 aliphatic rings. The summed E-state index contributed by atoms with van der Waals surface area (Å²) in [5, 5.41) is 0. The van der Waals surface area contributed by atoms with Gasteiger partial charge in [-0.3, -0.25) is 4.90 Å². The van der Waals surface area contributed by atoms with Crippen molar-refractivity contribution in [1.29, 1.82) is 0 Å². The number of hydrogen-bond donors (Lipinski definition) is 1. The van der Waals surface area contributed by atoms with Crippen LogP contribution in [0.25, 0.3) is 0 Å². The van der Waals surface area contributed by atoms with E-state index in [0.29, 0.717) is 11.5 Å². The second-order valence-corrected chi connectivity index (χ2v) is 7.50. The van der Waals surface area contributed by atoms with E-state index in [0.717, 1.165) is 6.54 Å². The molecule has 2 nitrogen and oxygen atoms in total. The third-order valence-corrected chi connectivity index (χ3v) is 5.08. The van der Waals surface area contributed by atoms with E-state index in [1.54, 1.807) is 0 Å². The number of nitrogens with two attached hydrogens (primary N) is 1. The van der Waals surface area contributed by atoms with Gasteiger partial charge in [0, 0.05) is 12.6 Å². The van der Waals surface area contributed by atoms with Gasteiger partial charge in [0.05, 0.1) is 0 Å². The third kappa shape index (κ3) is 7.08. The van der Waals surface area contributed by atoms with Gasteiger partial charge in [-0.1, -0.05) is 65.7 Å². The van der Waals surface area contributed by atoms with E-state index in [1.165, 1.54) is 77.3 Å². The fraction of sp³-hybridized carbons (Fsp3) is 1.00. The monoisotopic (exact) mass is 282 g/mol. The van der Waals surface area contributed by atoms with E-state index in [1.807, 2.05) is 0 Å². The molecule has 0 aromatic carbocycles. The zero-order chi connectivity index (χ0) is 14.8. The Hall–Kier alpha value is -0.0800. The molecule has 0 radical (unpaired) electrons. The number of hydrogen-bond acceptors (Lipinski definition) is 2. The average molecular weight is 283 g/mol. The lowest BCUT2D eigenvalue weighted by molar-refractivity contribution is 0.0915. The van der Waals surface area contributed by atoms with Gasteiger partial charge in [-0.05, 0) is 37.8 Å². The van der Waals surface area contributed by atoms with Gasteiger partial charge in [-0.15, -0.1) is 0 Å². The van der Waals surface area contributed by atoms with Crippen LogP contribution in [0.5, 0.6) is 0 Å². The van der Waals surface area contributed by atoms with Crippen LogP contribution in [0, 0.1) is 5.41 Å². The van der Waals surface area contributed by atoms with Gasteiger partial charge in [-0.2, -0.15) is 0 Å². The average Bonchev–Trinajstić information content (AvgIpc) is 2.43. The summed E-state index contributed by atoms with van der Waals surface area (Å²) in [6, 6.07) is 0.641. The van der Waals surface area contributed by atoms with Crippen molar-refractivity contribution in [1.82, 2.24) is 4.90 Å². The molecule has 120 valence electrons. The van der Waals surface area contributed by atoms with Crippen molar-refractivity contribution in [2.45, 2.75) is 91.0 Å². The van der Waals surface area contributed by atoms with Gasteiger partial charge in [0.15, 0.2) is 0 Å². The van der Waals surface area contributed by atoms with Crippen molar-refractivity contribution in [3.63, 3.8) is 0 Å². The Bertz CT molecular complexity index is 228. The first-order chi connectivity index (χ1) is 9.59. The highest BCUT2D eigenvalue weighted by atomic mass is 15.2. The molecule has 2 N–H and O–H groups in total. The Labute approximate surface area is 127 Å². The van der Waals surface area contributed by atoms with Crippen LogP contribution in [0.3, 0.4) is 0 Å². The topological polar surface area (TPSA) is 29.3 Å². The summed E-state index contributed by atoms with van der Waals surface area (Å²) in [5.41, 5.74) is 6.56. The van der Waals surface area contributed by atoms with E-state index in [4.69, 9.17) is 5.73 Å². The largest absolute Gasteiger partial charge is 0.329 e. The zero-order valence-electron chi connectivity index (χ0n) is 14.3. The van der Waals surface area contributed by atoms with Crippen LogP contribution in [-0.4, -0.2) is 30.6 Å². The highest BCUT2D eigenvalue weighted by molar-refractivity contribution is 4.83. The molecule has 0 aromatic heterocycles. The number of piperidine rings is 1. The molecule has 2 heteroatoms. The van der Waals surface area contributed by atoms with E-state index in [9.17, 15) is 0 Å². The number of unbranched alkanes of at least 4 members (excludes halogenated alkanes) is 6. The lowest BCUT2D eigenvalue weighted by Gasteiger charge is -2.40. The van der Waals surface area contributed by atoms with Crippen LogP contribution < -0.4 is 5.73 Å². The molecular formula is C18H38N2. The lowest BCUT2D eigenvalue weighted by Crippen LogP contribution is -2.46. The molecule has 1 saturated heterocycles. The Morgan fingerprint density at radius 1 is 0.950 bits per heavy atom. The molecule has 20 heavy (non-hydrogen) atoms. The second kappa shape index (κ2) is 9.78. The third-order valence-electron chi connectivity index (χ3n) is 5.08. The summed E-state index contributed by atoms with van der Waals surface area (Å²) in [5.74, 6) is 0. The van der Waals surface area contributed by atoms with Crippen LogP contribution in [0.15, 0.2) is 0 Å². The Morgan fingerprint density at radius 3 is 2.05 bits per heavy atom. The number of rotatable bonds is 10. The maximum atomic E-state index is 6.01. The molecule has 1 atom stereocenters. The van der Waals surface area contributed by atoms with Crippen molar-refractivity contribution in [2.24, 2.45) is 11.1 Å². The summed E-state index contributed by atoms with van der Waals surface area (Å²) in [6.45, 7) is 10.4. The molecule has 1 fully saturated rings. The smallest absolute Gasteiger partial charge is 0.0218 e. The standard InChI is InChI=1S/C18H38N2/c1-4-5-6-7-8-9-10-11-17(16-19)20-14-12-18(2,3)13-15-20/h17H,4-16,19H2,1-3H3. The highest BCUT2D eigenvalue weighted by Crippen LogP contribution is 2.31. The molecule has 0 aromatic rings. The van der Waals surface area contributed by atoms with E-state index in [-0.39, 0.29) is 0 Å². The molecular weight excluding hydrogens is 244 g/mol. The van der Waals surface area contributed by atoms with Gasteiger partial charge in [0.25, 0.3) is 0 Å². The number of likely N-dealkylation sites (tertiary alicyclic amines) is 1. The maximum Gasteiger partial charge on any atom is 0.0218 e. The zero-order valence-corrected chi connectivity index (χ0v) is 14.3. The van der Waals surface area contributed by atoms with Gasteiger partial charge in [0.1, 0.15) is 0 Å². The number of nitrogens with zero attached hydrogens (tertiary/aromatic N) is 1. The molecule has 0 aliphatic carbocycles.